The average molecular weight is 488 g/mol. The molecule has 1 amide bonds. The molecule has 2 aromatic carbocycles. The fourth-order valence-corrected chi connectivity index (χ4v) is 5.41. The highest BCUT2D eigenvalue weighted by atomic mass is 35.5. The van der Waals surface area contributed by atoms with E-state index in [2.05, 4.69) is 10.3 Å². The summed E-state index contributed by atoms with van der Waals surface area (Å²) in [4.78, 5) is 18.5. The van der Waals surface area contributed by atoms with E-state index in [1.165, 1.54) is 6.42 Å². The molecular weight excluding hydrogens is 460 g/mol. The molecule has 34 heavy (non-hydrogen) atoms. The molecule has 2 aliphatic rings. The van der Waals surface area contributed by atoms with Crippen molar-refractivity contribution in [2.45, 2.75) is 57.0 Å². The van der Waals surface area contributed by atoms with Crippen molar-refractivity contribution >= 4 is 28.5 Å². The number of rotatable bonds is 5. The smallest absolute Gasteiger partial charge is 0.243 e. The van der Waals surface area contributed by atoms with Gasteiger partial charge in [-0.3, -0.25) is 4.79 Å². The molecule has 8 heteroatoms. The summed E-state index contributed by atoms with van der Waals surface area (Å²) >= 11 is 6.10. The van der Waals surface area contributed by atoms with E-state index in [1.807, 2.05) is 12.1 Å². The van der Waals surface area contributed by atoms with Crippen LogP contribution in [0, 0.1) is 17.6 Å². The minimum atomic E-state index is -0.964. The van der Waals surface area contributed by atoms with Gasteiger partial charge in [0.15, 0.2) is 11.6 Å². The lowest BCUT2D eigenvalue weighted by molar-refractivity contribution is -0.127. The lowest BCUT2D eigenvalue weighted by atomic mass is 9.89. The lowest BCUT2D eigenvalue weighted by Gasteiger charge is -2.33. The number of nitrogens with zero attached hydrogens (tertiary/aromatic N) is 2. The van der Waals surface area contributed by atoms with Gasteiger partial charge in [-0.1, -0.05) is 30.9 Å². The van der Waals surface area contributed by atoms with Gasteiger partial charge < -0.3 is 14.6 Å². The third-order valence-electron chi connectivity index (χ3n) is 7.04. The Morgan fingerprint density at radius 3 is 2.41 bits per heavy atom. The number of fused-ring (bicyclic) bond motifs is 1. The highest BCUT2D eigenvalue weighted by Gasteiger charge is 2.36. The first-order valence-electron chi connectivity index (χ1n) is 12.0. The largest absolute Gasteiger partial charge is 0.381 e. The number of carbonyl (C=O) groups is 1. The number of hydrogen-bond acceptors (Lipinski definition) is 3. The topological polar surface area (TPSA) is 56.1 Å². The van der Waals surface area contributed by atoms with E-state index < -0.39 is 17.7 Å². The quantitative estimate of drug-likeness (QED) is 0.476. The molecule has 1 aliphatic carbocycles. The van der Waals surface area contributed by atoms with Crippen molar-refractivity contribution in [3.8, 4) is 11.4 Å². The Labute approximate surface area is 202 Å². The predicted octanol–water partition coefficient (Wildman–Crippen LogP) is 6.05. The summed E-state index contributed by atoms with van der Waals surface area (Å²) < 4.78 is 35.9. The Balaban J connectivity index is 1.65. The van der Waals surface area contributed by atoms with Gasteiger partial charge in [-0.25, -0.2) is 13.8 Å². The lowest BCUT2D eigenvalue weighted by Crippen LogP contribution is -2.44. The van der Waals surface area contributed by atoms with Gasteiger partial charge in [0.25, 0.3) is 0 Å². The van der Waals surface area contributed by atoms with Crippen LogP contribution in [-0.2, 0) is 9.53 Å². The zero-order valence-electron chi connectivity index (χ0n) is 18.9. The van der Waals surface area contributed by atoms with Gasteiger partial charge in [0.2, 0.25) is 5.91 Å². The van der Waals surface area contributed by atoms with E-state index in [0.717, 1.165) is 43.4 Å². The van der Waals surface area contributed by atoms with Crippen molar-refractivity contribution in [3.05, 3.63) is 53.1 Å². The Morgan fingerprint density at radius 1 is 1.03 bits per heavy atom. The highest BCUT2D eigenvalue weighted by Crippen LogP contribution is 2.37. The average Bonchev–Trinajstić information content (AvgIpc) is 3.19. The minimum Gasteiger partial charge on any atom is -0.381 e. The molecule has 1 unspecified atom stereocenters. The van der Waals surface area contributed by atoms with Crippen LogP contribution in [0.3, 0.4) is 0 Å². The van der Waals surface area contributed by atoms with Crippen LogP contribution in [0.2, 0.25) is 5.02 Å². The van der Waals surface area contributed by atoms with E-state index >= 15 is 0 Å². The second-order valence-corrected chi connectivity index (χ2v) is 9.74. The summed E-state index contributed by atoms with van der Waals surface area (Å²) in [5, 5.41) is 3.83. The first-order chi connectivity index (χ1) is 16.5. The number of ether oxygens (including phenoxy) is 1. The Hall–Kier alpha value is -2.51. The fourth-order valence-electron chi connectivity index (χ4n) is 5.28. The normalized spacial score (nSPS) is 18.8. The van der Waals surface area contributed by atoms with E-state index in [1.54, 1.807) is 16.7 Å². The summed E-state index contributed by atoms with van der Waals surface area (Å²) in [6.45, 7) is 1.12. The Bertz CT molecular complexity index is 1170. The zero-order valence-corrected chi connectivity index (χ0v) is 19.7. The monoisotopic (exact) mass is 487 g/mol. The number of hydrogen-bond donors (Lipinski definition) is 1. The summed E-state index contributed by atoms with van der Waals surface area (Å²) in [6, 6.07) is 8.87. The number of aromatic nitrogens is 2. The molecular formula is C26H28ClF2N3O2. The molecule has 5 rings (SSSR count). The van der Waals surface area contributed by atoms with Crippen LogP contribution in [0.15, 0.2) is 36.4 Å². The first kappa shape index (κ1) is 23.2. The zero-order chi connectivity index (χ0) is 23.7. The van der Waals surface area contributed by atoms with Crippen molar-refractivity contribution in [1.29, 1.82) is 0 Å². The van der Waals surface area contributed by atoms with Crippen LogP contribution in [-0.4, -0.2) is 34.7 Å². The van der Waals surface area contributed by atoms with E-state index in [4.69, 9.17) is 16.3 Å². The standard InChI is InChI=1S/C26H28ClF2N3O2/c27-18-8-6-17(7-9-18)25-31-22-14-20(28)21(29)15-23(22)32(25)24(16-10-12-34-13-11-16)26(33)30-19-4-2-1-3-5-19/h6-9,14-16,19,24H,1-5,10-13H2,(H,30,33). The minimum absolute atomic E-state index is 0.0195. The van der Waals surface area contributed by atoms with E-state index in [0.29, 0.717) is 47.9 Å². The van der Waals surface area contributed by atoms with Gasteiger partial charge in [-0.15, -0.1) is 0 Å². The third kappa shape index (κ3) is 4.68. The van der Waals surface area contributed by atoms with Gasteiger partial charge in [0.05, 0.1) is 11.0 Å². The molecule has 5 nitrogen and oxygen atoms in total. The van der Waals surface area contributed by atoms with Crippen molar-refractivity contribution in [1.82, 2.24) is 14.9 Å². The number of amides is 1. The van der Waals surface area contributed by atoms with Gasteiger partial charge in [-0.05, 0) is 55.9 Å². The number of imidazole rings is 1. The third-order valence-corrected chi connectivity index (χ3v) is 7.30. The van der Waals surface area contributed by atoms with Crippen molar-refractivity contribution in [2.24, 2.45) is 5.92 Å². The predicted molar refractivity (Wildman–Crippen MR) is 128 cm³/mol. The summed E-state index contributed by atoms with van der Waals surface area (Å²) in [7, 11) is 0. The van der Waals surface area contributed by atoms with E-state index in [9.17, 15) is 13.6 Å². The molecule has 1 atom stereocenters. The summed E-state index contributed by atoms with van der Waals surface area (Å²) in [5.74, 6) is -1.55. The van der Waals surface area contributed by atoms with Crippen LogP contribution in [0.25, 0.3) is 22.4 Å². The van der Waals surface area contributed by atoms with Crippen molar-refractivity contribution in [2.75, 3.05) is 13.2 Å². The molecule has 1 N–H and O–H groups in total. The van der Waals surface area contributed by atoms with Gasteiger partial charge in [-0.2, -0.15) is 0 Å². The molecule has 0 bridgehead atoms. The highest BCUT2D eigenvalue weighted by molar-refractivity contribution is 6.30. The second-order valence-electron chi connectivity index (χ2n) is 9.31. The van der Waals surface area contributed by atoms with Crippen LogP contribution >= 0.6 is 11.6 Å². The molecule has 2 heterocycles. The molecule has 1 saturated heterocycles. The van der Waals surface area contributed by atoms with Crippen LogP contribution < -0.4 is 5.32 Å². The maximum atomic E-state index is 14.4. The Kier molecular flexibility index (Phi) is 6.84. The van der Waals surface area contributed by atoms with Gasteiger partial charge in [0, 0.05) is 42.0 Å². The van der Waals surface area contributed by atoms with Crippen LogP contribution in [0.4, 0.5) is 8.78 Å². The van der Waals surface area contributed by atoms with Crippen LogP contribution in [0.5, 0.6) is 0 Å². The molecule has 1 saturated carbocycles. The number of halogens is 3. The number of carbonyl (C=O) groups excluding carboxylic acids is 1. The summed E-state index contributed by atoms with van der Waals surface area (Å²) in [6.07, 6.45) is 6.70. The van der Waals surface area contributed by atoms with Crippen molar-refractivity contribution < 1.29 is 18.3 Å². The first-order valence-corrected chi connectivity index (χ1v) is 12.4. The number of benzene rings is 2. The van der Waals surface area contributed by atoms with Crippen molar-refractivity contribution in [3.63, 3.8) is 0 Å². The molecule has 180 valence electrons. The molecule has 1 aromatic heterocycles. The SMILES string of the molecule is O=C(NC1CCCCC1)C(C1CCOCC1)n1c(-c2ccc(Cl)cc2)nc2cc(F)c(F)cc21. The molecule has 0 radical (unpaired) electrons. The Morgan fingerprint density at radius 2 is 1.71 bits per heavy atom. The maximum Gasteiger partial charge on any atom is 0.243 e. The molecule has 0 spiro atoms. The molecule has 2 fully saturated rings. The summed E-state index contributed by atoms with van der Waals surface area (Å²) in [5.41, 5.74) is 1.44. The fraction of sp³-hybridized carbons (Fsp3) is 0.462. The molecule has 1 aliphatic heterocycles. The van der Waals surface area contributed by atoms with Crippen LogP contribution in [0.1, 0.15) is 51.0 Å². The maximum absolute atomic E-state index is 14.4. The second kappa shape index (κ2) is 10.0. The number of nitrogens with one attached hydrogen (secondary N) is 1. The van der Waals surface area contributed by atoms with Gasteiger partial charge >= 0.3 is 0 Å². The molecule has 3 aromatic rings. The van der Waals surface area contributed by atoms with Gasteiger partial charge in [0.1, 0.15) is 11.9 Å². The van der Waals surface area contributed by atoms with E-state index in [-0.39, 0.29) is 17.9 Å².